The molecule has 0 unspecified atom stereocenters. The van der Waals surface area contributed by atoms with E-state index in [4.69, 9.17) is 4.74 Å². The third-order valence-electron chi connectivity index (χ3n) is 3.57. The summed E-state index contributed by atoms with van der Waals surface area (Å²) in [7, 11) is 0. The lowest BCUT2D eigenvalue weighted by atomic mass is 10.1. The number of hydrogen-bond donors (Lipinski definition) is 1. The predicted octanol–water partition coefficient (Wildman–Crippen LogP) is 4.24. The normalized spacial score (nSPS) is 10.7. The third-order valence-corrected chi connectivity index (χ3v) is 4.51. The van der Waals surface area contributed by atoms with Gasteiger partial charge >= 0.3 is 0 Å². The predicted molar refractivity (Wildman–Crippen MR) is 94.4 cm³/mol. The number of para-hydroxylation sites is 1. The standard InChI is InChI=1S/C18H18N2O2S/c1-11-7-8-12(2)14(9-11)22-10-16(21)19-18-20-17-13(3)5-4-6-15(17)23-18/h4-9H,10H2,1-3H3,(H,19,20,21). The Labute approximate surface area is 139 Å². The number of thiazole rings is 1. The summed E-state index contributed by atoms with van der Waals surface area (Å²) in [4.78, 5) is 16.5. The van der Waals surface area contributed by atoms with Crippen LogP contribution in [0, 0.1) is 20.8 Å². The van der Waals surface area contributed by atoms with Crippen molar-refractivity contribution in [1.29, 1.82) is 0 Å². The summed E-state index contributed by atoms with van der Waals surface area (Å²) in [5.74, 6) is 0.530. The zero-order valence-corrected chi connectivity index (χ0v) is 14.2. The van der Waals surface area contributed by atoms with E-state index < -0.39 is 0 Å². The van der Waals surface area contributed by atoms with E-state index in [0.29, 0.717) is 5.13 Å². The highest BCUT2D eigenvalue weighted by atomic mass is 32.1. The molecule has 0 radical (unpaired) electrons. The molecule has 0 bridgehead atoms. The highest BCUT2D eigenvalue weighted by Gasteiger charge is 2.10. The molecular formula is C18H18N2O2S. The van der Waals surface area contributed by atoms with Crippen LogP contribution in [0.5, 0.6) is 5.75 Å². The van der Waals surface area contributed by atoms with Crippen molar-refractivity contribution < 1.29 is 9.53 Å². The number of nitrogens with zero attached hydrogens (tertiary/aromatic N) is 1. The molecule has 3 aromatic rings. The quantitative estimate of drug-likeness (QED) is 0.780. The summed E-state index contributed by atoms with van der Waals surface area (Å²) in [6.45, 7) is 5.94. The zero-order valence-electron chi connectivity index (χ0n) is 13.3. The maximum Gasteiger partial charge on any atom is 0.264 e. The Morgan fingerprint density at radius 1 is 1.17 bits per heavy atom. The minimum atomic E-state index is -0.206. The summed E-state index contributed by atoms with van der Waals surface area (Å²) in [6.07, 6.45) is 0. The van der Waals surface area contributed by atoms with Gasteiger partial charge in [0.05, 0.1) is 10.2 Å². The molecule has 1 heterocycles. The van der Waals surface area contributed by atoms with E-state index in [1.54, 1.807) is 0 Å². The first-order chi connectivity index (χ1) is 11.0. The number of anilines is 1. The Kier molecular flexibility index (Phi) is 4.30. The van der Waals surface area contributed by atoms with Crippen molar-refractivity contribution in [2.75, 3.05) is 11.9 Å². The molecule has 23 heavy (non-hydrogen) atoms. The Hall–Kier alpha value is -2.40. The van der Waals surface area contributed by atoms with Crippen molar-refractivity contribution in [2.45, 2.75) is 20.8 Å². The molecule has 0 aliphatic carbocycles. The molecule has 3 rings (SSSR count). The van der Waals surface area contributed by atoms with Gasteiger partial charge in [-0.2, -0.15) is 0 Å². The number of rotatable bonds is 4. The van der Waals surface area contributed by atoms with Crippen LogP contribution in [-0.4, -0.2) is 17.5 Å². The Bertz CT molecular complexity index is 871. The SMILES string of the molecule is Cc1ccc(C)c(OCC(=O)Nc2nc3c(C)cccc3s2)c1. The Balaban J connectivity index is 1.66. The molecule has 0 aliphatic rings. The van der Waals surface area contributed by atoms with Gasteiger partial charge in [-0.25, -0.2) is 4.98 Å². The van der Waals surface area contributed by atoms with Gasteiger partial charge < -0.3 is 4.74 Å². The summed E-state index contributed by atoms with van der Waals surface area (Å²) in [6, 6.07) is 11.9. The minimum Gasteiger partial charge on any atom is -0.483 e. The van der Waals surface area contributed by atoms with Crippen LogP contribution in [0.3, 0.4) is 0 Å². The van der Waals surface area contributed by atoms with Gasteiger partial charge in [-0.15, -0.1) is 0 Å². The van der Waals surface area contributed by atoms with Crippen LogP contribution in [0.15, 0.2) is 36.4 Å². The van der Waals surface area contributed by atoms with Crippen LogP contribution in [0.25, 0.3) is 10.2 Å². The van der Waals surface area contributed by atoms with Gasteiger partial charge in [0.1, 0.15) is 5.75 Å². The molecule has 0 atom stereocenters. The fourth-order valence-electron chi connectivity index (χ4n) is 2.30. The number of ether oxygens (including phenoxy) is 1. The van der Waals surface area contributed by atoms with E-state index in [0.717, 1.165) is 32.7 Å². The van der Waals surface area contributed by atoms with Gasteiger partial charge in [0.25, 0.3) is 5.91 Å². The lowest BCUT2D eigenvalue weighted by Gasteiger charge is -2.09. The number of aryl methyl sites for hydroxylation is 3. The highest BCUT2D eigenvalue weighted by Crippen LogP contribution is 2.27. The second kappa shape index (κ2) is 6.38. The number of carbonyl (C=O) groups excluding carboxylic acids is 1. The van der Waals surface area contributed by atoms with Crippen LogP contribution >= 0.6 is 11.3 Å². The van der Waals surface area contributed by atoms with E-state index >= 15 is 0 Å². The molecule has 5 heteroatoms. The fraction of sp³-hybridized carbons (Fsp3) is 0.222. The summed E-state index contributed by atoms with van der Waals surface area (Å²) in [5, 5.41) is 3.41. The minimum absolute atomic E-state index is 0.0286. The van der Waals surface area contributed by atoms with Crippen molar-refractivity contribution >= 4 is 32.6 Å². The molecule has 0 aliphatic heterocycles. The maximum atomic E-state index is 12.1. The number of benzene rings is 2. The molecule has 4 nitrogen and oxygen atoms in total. The van der Waals surface area contributed by atoms with Crippen molar-refractivity contribution in [2.24, 2.45) is 0 Å². The summed E-state index contributed by atoms with van der Waals surface area (Å²) < 4.78 is 6.68. The maximum absolute atomic E-state index is 12.1. The molecule has 0 saturated carbocycles. The van der Waals surface area contributed by atoms with Crippen molar-refractivity contribution in [3.05, 3.63) is 53.1 Å². The van der Waals surface area contributed by atoms with Gasteiger partial charge in [0.15, 0.2) is 11.7 Å². The van der Waals surface area contributed by atoms with Gasteiger partial charge in [-0.3, -0.25) is 10.1 Å². The first-order valence-electron chi connectivity index (χ1n) is 7.39. The second-order valence-electron chi connectivity index (χ2n) is 5.55. The molecule has 1 aromatic heterocycles. The highest BCUT2D eigenvalue weighted by molar-refractivity contribution is 7.22. The van der Waals surface area contributed by atoms with Gasteiger partial charge in [0.2, 0.25) is 0 Å². The second-order valence-corrected chi connectivity index (χ2v) is 6.58. The first-order valence-corrected chi connectivity index (χ1v) is 8.20. The number of nitrogens with one attached hydrogen (secondary N) is 1. The van der Waals surface area contributed by atoms with Crippen LogP contribution in [-0.2, 0) is 4.79 Å². The number of fused-ring (bicyclic) bond motifs is 1. The van der Waals surface area contributed by atoms with E-state index in [9.17, 15) is 4.79 Å². The number of amides is 1. The number of hydrogen-bond acceptors (Lipinski definition) is 4. The van der Waals surface area contributed by atoms with Crippen LogP contribution in [0.2, 0.25) is 0 Å². The molecule has 1 N–H and O–H groups in total. The molecule has 0 fully saturated rings. The zero-order chi connectivity index (χ0) is 16.4. The molecule has 0 saturated heterocycles. The Morgan fingerprint density at radius 3 is 2.78 bits per heavy atom. The van der Waals surface area contributed by atoms with Crippen molar-refractivity contribution in [1.82, 2.24) is 4.98 Å². The van der Waals surface area contributed by atoms with E-state index in [1.165, 1.54) is 11.3 Å². The molecular weight excluding hydrogens is 308 g/mol. The molecule has 1 amide bonds. The van der Waals surface area contributed by atoms with Gasteiger partial charge in [-0.1, -0.05) is 35.6 Å². The first kappa shape index (κ1) is 15.5. The lowest BCUT2D eigenvalue weighted by Crippen LogP contribution is -2.20. The van der Waals surface area contributed by atoms with E-state index in [1.807, 2.05) is 57.2 Å². The molecule has 118 valence electrons. The number of aromatic nitrogens is 1. The van der Waals surface area contributed by atoms with Crippen molar-refractivity contribution in [3.63, 3.8) is 0 Å². The lowest BCUT2D eigenvalue weighted by molar-refractivity contribution is -0.118. The topological polar surface area (TPSA) is 51.2 Å². The largest absolute Gasteiger partial charge is 0.483 e. The van der Waals surface area contributed by atoms with Gasteiger partial charge in [0, 0.05) is 0 Å². The van der Waals surface area contributed by atoms with E-state index in [-0.39, 0.29) is 12.5 Å². The monoisotopic (exact) mass is 326 g/mol. The molecule has 0 spiro atoms. The van der Waals surface area contributed by atoms with Crippen LogP contribution in [0.1, 0.15) is 16.7 Å². The number of carbonyl (C=O) groups is 1. The van der Waals surface area contributed by atoms with Gasteiger partial charge in [-0.05, 0) is 49.6 Å². The average molecular weight is 326 g/mol. The Morgan fingerprint density at radius 2 is 2.00 bits per heavy atom. The summed E-state index contributed by atoms with van der Waals surface area (Å²) >= 11 is 1.47. The fourth-order valence-corrected chi connectivity index (χ4v) is 3.26. The summed E-state index contributed by atoms with van der Waals surface area (Å²) in [5.41, 5.74) is 4.15. The van der Waals surface area contributed by atoms with Crippen LogP contribution < -0.4 is 10.1 Å². The van der Waals surface area contributed by atoms with Crippen LogP contribution in [0.4, 0.5) is 5.13 Å². The smallest absolute Gasteiger partial charge is 0.264 e. The van der Waals surface area contributed by atoms with E-state index in [2.05, 4.69) is 10.3 Å². The molecule has 2 aromatic carbocycles. The van der Waals surface area contributed by atoms with Crippen molar-refractivity contribution in [3.8, 4) is 5.75 Å². The average Bonchev–Trinajstić information content (AvgIpc) is 2.92. The third kappa shape index (κ3) is 3.51.